The van der Waals surface area contributed by atoms with Crippen LogP contribution in [0.4, 0.5) is 5.69 Å². The van der Waals surface area contributed by atoms with Crippen LogP contribution in [0, 0.1) is 0 Å². The van der Waals surface area contributed by atoms with Crippen LogP contribution in [0.25, 0.3) is 0 Å². The van der Waals surface area contributed by atoms with Crippen molar-refractivity contribution in [2.45, 2.75) is 25.4 Å². The zero-order chi connectivity index (χ0) is 13.8. The van der Waals surface area contributed by atoms with Crippen molar-refractivity contribution in [2.75, 3.05) is 18.0 Å². The Morgan fingerprint density at radius 2 is 1.75 bits per heavy atom. The van der Waals surface area contributed by atoms with Crippen molar-refractivity contribution in [1.82, 2.24) is 0 Å². The van der Waals surface area contributed by atoms with Crippen molar-refractivity contribution < 1.29 is 5.11 Å². The Balaban J connectivity index is 1.65. The Bertz CT molecular complexity index is 552. The quantitative estimate of drug-likeness (QED) is 0.915. The highest BCUT2D eigenvalue weighted by atomic mass is 16.3. The zero-order valence-electron chi connectivity index (χ0n) is 11.7. The summed E-state index contributed by atoms with van der Waals surface area (Å²) in [6.45, 7) is 2.01. The number of para-hydroxylation sites is 1. The summed E-state index contributed by atoms with van der Waals surface area (Å²) in [7, 11) is 0. The molecule has 0 aromatic heterocycles. The minimum Gasteiger partial charge on any atom is -0.388 e. The molecule has 1 aliphatic heterocycles. The highest BCUT2D eigenvalue weighted by molar-refractivity contribution is 5.55. The predicted molar refractivity (Wildman–Crippen MR) is 83.0 cm³/mol. The molecule has 0 saturated heterocycles. The zero-order valence-corrected chi connectivity index (χ0v) is 11.7. The molecule has 1 N–H and O–H groups in total. The van der Waals surface area contributed by atoms with Gasteiger partial charge < -0.3 is 10.0 Å². The number of aryl methyl sites for hydroxylation is 1. The van der Waals surface area contributed by atoms with Crippen molar-refractivity contribution in [3.05, 3.63) is 65.7 Å². The maximum absolute atomic E-state index is 10.3. The summed E-state index contributed by atoms with van der Waals surface area (Å²) in [5, 5.41) is 10.3. The van der Waals surface area contributed by atoms with Gasteiger partial charge in [0, 0.05) is 18.8 Å². The average molecular weight is 267 g/mol. The maximum Gasteiger partial charge on any atom is 0.0806 e. The number of benzene rings is 2. The van der Waals surface area contributed by atoms with E-state index in [2.05, 4.69) is 29.2 Å². The van der Waals surface area contributed by atoms with Gasteiger partial charge in [0.2, 0.25) is 0 Å². The smallest absolute Gasteiger partial charge is 0.0806 e. The third-order valence-corrected chi connectivity index (χ3v) is 4.06. The predicted octanol–water partition coefficient (Wildman–Crippen LogP) is 3.56. The number of aliphatic hydroxyl groups is 1. The molecule has 0 radical (unpaired) electrons. The minimum absolute atomic E-state index is 0.370. The maximum atomic E-state index is 10.3. The molecule has 0 amide bonds. The lowest BCUT2D eigenvalue weighted by molar-refractivity contribution is 0.169. The van der Waals surface area contributed by atoms with E-state index in [4.69, 9.17) is 0 Å². The fourth-order valence-corrected chi connectivity index (χ4v) is 2.96. The van der Waals surface area contributed by atoms with E-state index in [1.807, 2.05) is 30.3 Å². The molecule has 0 aliphatic carbocycles. The highest BCUT2D eigenvalue weighted by Crippen LogP contribution is 2.27. The third kappa shape index (κ3) is 2.86. The van der Waals surface area contributed by atoms with E-state index in [1.54, 1.807) is 0 Å². The van der Waals surface area contributed by atoms with Gasteiger partial charge in [0.05, 0.1) is 6.10 Å². The molecule has 0 fully saturated rings. The Kier molecular flexibility index (Phi) is 4.03. The molecule has 20 heavy (non-hydrogen) atoms. The van der Waals surface area contributed by atoms with E-state index in [9.17, 15) is 5.11 Å². The molecule has 0 bridgehead atoms. The van der Waals surface area contributed by atoms with E-state index < -0.39 is 0 Å². The first-order valence-electron chi connectivity index (χ1n) is 7.40. The molecule has 1 heterocycles. The summed E-state index contributed by atoms with van der Waals surface area (Å²) in [4.78, 5) is 2.41. The molecule has 1 aliphatic rings. The molecule has 104 valence electrons. The Morgan fingerprint density at radius 1 is 1.00 bits per heavy atom. The summed E-state index contributed by atoms with van der Waals surface area (Å²) in [6.07, 6.45) is 2.79. The van der Waals surface area contributed by atoms with Crippen LogP contribution in [0.5, 0.6) is 0 Å². The Hall–Kier alpha value is -1.80. The number of fused-ring (bicyclic) bond motifs is 1. The van der Waals surface area contributed by atoms with Crippen LogP contribution in [-0.2, 0) is 6.42 Å². The van der Waals surface area contributed by atoms with E-state index in [1.165, 1.54) is 24.1 Å². The van der Waals surface area contributed by atoms with Gasteiger partial charge in [-0.25, -0.2) is 0 Å². The summed E-state index contributed by atoms with van der Waals surface area (Å²) in [6, 6.07) is 18.6. The normalized spacial score (nSPS) is 15.8. The van der Waals surface area contributed by atoms with Crippen molar-refractivity contribution in [3.8, 4) is 0 Å². The second-order valence-corrected chi connectivity index (χ2v) is 5.43. The van der Waals surface area contributed by atoms with Crippen LogP contribution in [0.2, 0.25) is 0 Å². The first-order valence-corrected chi connectivity index (χ1v) is 7.40. The number of hydrogen-bond acceptors (Lipinski definition) is 2. The van der Waals surface area contributed by atoms with E-state index in [0.29, 0.717) is 0 Å². The van der Waals surface area contributed by atoms with Crippen LogP contribution in [-0.4, -0.2) is 18.2 Å². The summed E-state index contributed by atoms with van der Waals surface area (Å²) >= 11 is 0. The molecule has 2 heteroatoms. The van der Waals surface area contributed by atoms with Crippen molar-refractivity contribution >= 4 is 5.69 Å². The third-order valence-electron chi connectivity index (χ3n) is 4.06. The SMILES string of the molecule is OC(CCN1CCCc2ccccc21)c1ccccc1. The van der Waals surface area contributed by atoms with E-state index >= 15 is 0 Å². The van der Waals surface area contributed by atoms with Gasteiger partial charge in [-0.15, -0.1) is 0 Å². The van der Waals surface area contributed by atoms with E-state index in [0.717, 1.165) is 25.1 Å². The second-order valence-electron chi connectivity index (χ2n) is 5.43. The standard InChI is InChI=1S/C18H21NO/c20-18(16-8-2-1-3-9-16)12-14-19-13-6-10-15-7-4-5-11-17(15)19/h1-5,7-9,11,18,20H,6,10,12-14H2. The van der Waals surface area contributed by atoms with Gasteiger partial charge in [0.25, 0.3) is 0 Å². The fourth-order valence-electron chi connectivity index (χ4n) is 2.96. The fraction of sp³-hybridized carbons (Fsp3) is 0.333. The van der Waals surface area contributed by atoms with Gasteiger partial charge in [-0.3, -0.25) is 0 Å². The Labute approximate surface area is 120 Å². The lowest BCUT2D eigenvalue weighted by Crippen LogP contribution is -2.31. The first kappa shape index (κ1) is 13.2. The van der Waals surface area contributed by atoms with Gasteiger partial charge in [-0.05, 0) is 36.5 Å². The average Bonchev–Trinajstić information content (AvgIpc) is 2.53. The van der Waals surface area contributed by atoms with Crippen molar-refractivity contribution in [2.24, 2.45) is 0 Å². The lowest BCUT2D eigenvalue weighted by Gasteiger charge is -2.32. The van der Waals surface area contributed by atoms with Gasteiger partial charge in [0.1, 0.15) is 0 Å². The van der Waals surface area contributed by atoms with Crippen LogP contribution in [0.15, 0.2) is 54.6 Å². The number of aliphatic hydroxyl groups excluding tert-OH is 1. The van der Waals surface area contributed by atoms with Gasteiger partial charge in [0.15, 0.2) is 0 Å². The van der Waals surface area contributed by atoms with Crippen LogP contribution in [0.1, 0.15) is 30.1 Å². The molecule has 1 atom stereocenters. The monoisotopic (exact) mass is 267 g/mol. The summed E-state index contributed by atoms with van der Waals surface area (Å²) < 4.78 is 0. The van der Waals surface area contributed by atoms with Gasteiger partial charge in [-0.2, -0.15) is 0 Å². The summed E-state index contributed by atoms with van der Waals surface area (Å²) in [5.41, 5.74) is 3.80. The van der Waals surface area contributed by atoms with Crippen LogP contribution < -0.4 is 4.90 Å². The molecule has 0 spiro atoms. The highest BCUT2D eigenvalue weighted by Gasteiger charge is 2.17. The number of hydrogen-bond donors (Lipinski definition) is 1. The molecular weight excluding hydrogens is 246 g/mol. The lowest BCUT2D eigenvalue weighted by atomic mass is 10.0. The molecule has 3 rings (SSSR count). The van der Waals surface area contributed by atoms with Crippen molar-refractivity contribution in [1.29, 1.82) is 0 Å². The largest absolute Gasteiger partial charge is 0.388 e. The van der Waals surface area contributed by atoms with Crippen molar-refractivity contribution in [3.63, 3.8) is 0 Å². The van der Waals surface area contributed by atoms with Crippen LogP contribution in [0.3, 0.4) is 0 Å². The number of anilines is 1. The van der Waals surface area contributed by atoms with Crippen LogP contribution >= 0.6 is 0 Å². The van der Waals surface area contributed by atoms with E-state index in [-0.39, 0.29) is 6.10 Å². The topological polar surface area (TPSA) is 23.5 Å². The minimum atomic E-state index is -0.370. The second kappa shape index (κ2) is 6.10. The molecule has 1 unspecified atom stereocenters. The first-order chi connectivity index (χ1) is 9.84. The summed E-state index contributed by atoms with van der Waals surface area (Å²) in [5.74, 6) is 0. The number of rotatable bonds is 4. The molecule has 0 saturated carbocycles. The molecular formula is C18H21NO. The Morgan fingerprint density at radius 3 is 2.60 bits per heavy atom. The molecule has 2 aromatic rings. The number of nitrogens with zero attached hydrogens (tertiary/aromatic N) is 1. The van der Waals surface area contributed by atoms with Gasteiger partial charge >= 0.3 is 0 Å². The molecule has 2 aromatic carbocycles. The molecule has 2 nitrogen and oxygen atoms in total. The van der Waals surface area contributed by atoms with Gasteiger partial charge in [-0.1, -0.05) is 48.5 Å².